The fourth-order valence-electron chi connectivity index (χ4n) is 2.90. The summed E-state index contributed by atoms with van der Waals surface area (Å²) in [4.78, 5) is 0. The van der Waals surface area contributed by atoms with E-state index in [1.165, 1.54) is 38.6 Å². The molecule has 0 unspecified atom stereocenters. The van der Waals surface area contributed by atoms with Gasteiger partial charge in [0, 0.05) is 0 Å². The number of benzene rings is 3. The molecule has 0 bridgehead atoms. The highest BCUT2D eigenvalue weighted by molar-refractivity contribution is 5.88. The van der Waals surface area contributed by atoms with Crippen LogP contribution >= 0.6 is 0 Å². The number of nitrogens with one attached hydrogen (secondary N) is 2. The first-order valence-corrected chi connectivity index (χ1v) is 8.05. The van der Waals surface area contributed by atoms with E-state index >= 15 is 0 Å². The third-order valence-corrected chi connectivity index (χ3v) is 4.51. The van der Waals surface area contributed by atoms with Gasteiger partial charge in [0.05, 0.1) is 11.4 Å². The molecule has 0 fully saturated rings. The predicted molar refractivity (Wildman–Crippen MR) is 101 cm³/mol. The Balaban J connectivity index is 1.88. The van der Waals surface area contributed by atoms with Gasteiger partial charge in [-0.2, -0.15) is 0 Å². The van der Waals surface area contributed by atoms with Crippen molar-refractivity contribution in [3.05, 3.63) is 70.3 Å². The van der Waals surface area contributed by atoms with Gasteiger partial charge in [-0.1, -0.05) is 29.8 Å². The molecule has 0 spiro atoms. The third kappa shape index (κ3) is 3.16. The molecule has 0 saturated heterocycles. The van der Waals surface area contributed by atoms with Gasteiger partial charge in [-0.3, -0.25) is 0 Å². The molecule has 0 aliphatic carbocycles. The van der Waals surface area contributed by atoms with E-state index in [1.54, 1.807) is 0 Å². The number of fused-ring (bicyclic) bond motifs is 1. The SMILES string of the molecule is Cc1ccc2cc(NNc3cc(C)c(C)cc3C)c(C)cc2c1. The van der Waals surface area contributed by atoms with Crippen molar-refractivity contribution in [2.24, 2.45) is 0 Å². The summed E-state index contributed by atoms with van der Waals surface area (Å²) in [5.74, 6) is 0. The fraction of sp³-hybridized carbons (Fsp3) is 0.238. The minimum atomic E-state index is 1.11. The van der Waals surface area contributed by atoms with E-state index in [4.69, 9.17) is 0 Å². The maximum Gasteiger partial charge on any atom is 0.0575 e. The first-order valence-electron chi connectivity index (χ1n) is 8.05. The molecule has 2 N–H and O–H groups in total. The fourth-order valence-corrected chi connectivity index (χ4v) is 2.90. The van der Waals surface area contributed by atoms with Crippen molar-refractivity contribution in [3.8, 4) is 0 Å². The smallest absolute Gasteiger partial charge is 0.0575 e. The molecule has 3 rings (SSSR count). The second kappa shape index (κ2) is 5.96. The second-order valence-corrected chi connectivity index (χ2v) is 6.52. The van der Waals surface area contributed by atoms with Gasteiger partial charge in [0.15, 0.2) is 0 Å². The standard InChI is InChI=1S/C21H24N2/c1-13-6-7-18-12-21(17(5)10-19(18)8-13)23-22-20-11-15(3)14(2)9-16(20)4/h6-12,22-23H,1-5H3. The molecule has 0 radical (unpaired) electrons. The Morgan fingerprint density at radius 3 is 1.87 bits per heavy atom. The van der Waals surface area contributed by atoms with Crippen LogP contribution in [-0.4, -0.2) is 0 Å². The Hall–Kier alpha value is -2.48. The van der Waals surface area contributed by atoms with E-state index < -0.39 is 0 Å². The van der Waals surface area contributed by atoms with Crippen LogP contribution in [0.1, 0.15) is 27.8 Å². The largest absolute Gasteiger partial charge is 0.301 e. The highest BCUT2D eigenvalue weighted by Gasteiger charge is 2.04. The summed E-state index contributed by atoms with van der Waals surface area (Å²) in [5.41, 5.74) is 15.4. The zero-order chi connectivity index (χ0) is 16.6. The Morgan fingerprint density at radius 2 is 1.13 bits per heavy atom. The average molecular weight is 304 g/mol. The van der Waals surface area contributed by atoms with Crippen molar-refractivity contribution < 1.29 is 0 Å². The first-order chi connectivity index (χ1) is 10.9. The Bertz CT molecular complexity index is 879. The monoisotopic (exact) mass is 304 g/mol. The highest BCUT2D eigenvalue weighted by Crippen LogP contribution is 2.26. The first kappa shape index (κ1) is 15.4. The molecule has 0 atom stereocenters. The quantitative estimate of drug-likeness (QED) is 0.596. The summed E-state index contributed by atoms with van der Waals surface area (Å²) in [7, 11) is 0. The maximum absolute atomic E-state index is 3.37. The van der Waals surface area contributed by atoms with Crippen LogP contribution in [-0.2, 0) is 0 Å². The number of hydrazine groups is 1. The maximum atomic E-state index is 3.37. The van der Waals surface area contributed by atoms with Gasteiger partial charge in [0.25, 0.3) is 0 Å². The lowest BCUT2D eigenvalue weighted by Crippen LogP contribution is -2.11. The number of hydrogen-bond acceptors (Lipinski definition) is 2. The molecule has 23 heavy (non-hydrogen) atoms. The average Bonchev–Trinajstić information content (AvgIpc) is 2.49. The topological polar surface area (TPSA) is 24.1 Å². The molecular formula is C21H24N2. The van der Waals surface area contributed by atoms with Gasteiger partial charge in [-0.15, -0.1) is 0 Å². The lowest BCUT2D eigenvalue weighted by Gasteiger charge is -2.16. The molecule has 0 aliphatic heterocycles. The van der Waals surface area contributed by atoms with Gasteiger partial charge < -0.3 is 10.9 Å². The van der Waals surface area contributed by atoms with Crippen LogP contribution in [0.15, 0.2) is 42.5 Å². The second-order valence-electron chi connectivity index (χ2n) is 6.52. The number of hydrogen-bond donors (Lipinski definition) is 2. The van der Waals surface area contributed by atoms with Crippen molar-refractivity contribution in [2.75, 3.05) is 10.9 Å². The number of aryl methyl sites for hydroxylation is 5. The van der Waals surface area contributed by atoms with E-state index in [9.17, 15) is 0 Å². The van der Waals surface area contributed by atoms with E-state index in [0.717, 1.165) is 11.4 Å². The Labute approximate surface area is 138 Å². The highest BCUT2D eigenvalue weighted by atomic mass is 15.4. The molecule has 3 aromatic rings. The van der Waals surface area contributed by atoms with Crippen molar-refractivity contribution in [1.29, 1.82) is 0 Å². The number of anilines is 2. The molecule has 0 amide bonds. The van der Waals surface area contributed by atoms with Gasteiger partial charge in [-0.05, 0) is 85.8 Å². The van der Waals surface area contributed by atoms with Crippen LogP contribution in [0.25, 0.3) is 10.8 Å². The lowest BCUT2D eigenvalue weighted by atomic mass is 10.0. The Kier molecular flexibility index (Phi) is 3.99. The van der Waals surface area contributed by atoms with E-state index in [0.29, 0.717) is 0 Å². The van der Waals surface area contributed by atoms with Crippen LogP contribution in [0.5, 0.6) is 0 Å². The van der Waals surface area contributed by atoms with Crippen LogP contribution in [0, 0.1) is 34.6 Å². The molecular weight excluding hydrogens is 280 g/mol. The van der Waals surface area contributed by atoms with Crippen LogP contribution in [0.4, 0.5) is 11.4 Å². The lowest BCUT2D eigenvalue weighted by molar-refractivity contribution is 1.27. The molecule has 0 aromatic heterocycles. The minimum absolute atomic E-state index is 1.11. The number of rotatable bonds is 3. The third-order valence-electron chi connectivity index (χ3n) is 4.51. The van der Waals surface area contributed by atoms with Crippen LogP contribution < -0.4 is 10.9 Å². The molecule has 118 valence electrons. The molecule has 3 aromatic carbocycles. The van der Waals surface area contributed by atoms with Crippen molar-refractivity contribution in [2.45, 2.75) is 34.6 Å². The molecule has 0 saturated carbocycles. The summed E-state index contributed by atoms with van der Waals surface area (Å²) in [6.07, 6.45) is 0. The van der Waals surface area contributed by atoms with Gasteiger partial charge in [0.2, 0.25) is 0 Å². The van der Waals surface area contributed by atoms with Gasteiger partial charge >= 0.3 is 0 Å². The summed E-state index contributed by atoms with van der Waals surface area (Å²) in [6.45, 7) is 10.7. The minimum Gasteiger partial charge on any atom is -0.301 e. The Morgan fingerprint density at radius 1 is 0.522 bits per heavy atom. The van der Waals surface area contributed by atoms with Gasteiger partial charge in [0.1, 0.15) is 0 Å². The summed E-state index contributed by atoms with van der Waals surface area (Å²) < 4.78 is 0. The molecule has 0 heterocycles. The molecule has 2 heteroatoms. The zero-order valence-corrected chi connectivity index (χ0v) is 14.5. The molecule has 2 nitrogen and oxygen atoms in total. The summed E-state index contributed by atoms with van der Waals surface area (Å²) in [5, 5.41) is 2.54. The normalized spacial score (nSPS) is 10.8. The molecule has 0 aliphatic rings. The van der Waals surface area contributed by atoms with Crippen LogP contribution in [0.2, 0.25) is 0 Å². The van der Waals surface area contributed by atoms with Crippen molar-refractivity contribution in [1.82, 2.24) is 0 Å². The predicted octanol–water partition coefficient (Wildman–Crippen LogP) is 5.82. The van der Waals surface area contributed by atoms with Gasteiger partial charge in [-0.25, -0.2) is 0 Å². The van der Waals surface area contributed by atoms with E-state index in [2.05, 4.69) is 87.9 Å². The van der Waals surface area contributed by atoms with Crippen LogP contribution in [0.3, 0.4) is 0 Å². The van der Waals surface area contributed by atoms with Crippen molar-refractivity contribution in [3.63, 3.8) is 0 Å². The van der Waals surface area contributed by atoms with Crippen molar-refractivity contribution >= 4 is 22.1 Å². The van der Waals surface area contributed by atoms with E-state index in [-0.39, 0.29) is 0 Å². The summed E-state index contributed by atoms with van der Waals surface area (Å²) >= 11 is 0. The zero-order valence-electron chi connectivity index (χ0n) is 14.5. The van der Waals surface area contributed by atoms with E-state index in [1.807, 2.05) is 0 Å². The summed E-state index contributed by atoms with van der Waals surface area (Å²) in [6, 6.07) is 15.4.